The number of carbonyl (C=O) groups excluding carboxylic acids is 1. The van der Waals surface area contributed by atoms with Crippen molar-refractivity contribution >= 4 is 13.6 Å². The van der Waals surface area contributed by atoms with E-state index in [4.69, 9.17) is 9.47 Å². The van der Waals surface area contributed by atoms with Gasteiger partial charge in [-0.1, -0.05) is 0 Å². The Hall–Kier alpha value is -0.820. The smallest absolute Gasteiger partial charge is 0.778 e. The van der Waals surface area contributed by atoms with Crippen LogP contribution in [0.25, 0.3) is 0 Å². The molecule has 12 nitrogen and oxygen atoms in total. The van der Waals surface area contributed by atoms with Gasteiger partial charge in [-0.3, -0.25) is 14.3 Å². The van der Waals surface area contributed by atoms with E-state index in [0.29, 0.717) is 0 Å². The predicted octanol–water partition coefficient (Wildman–Crippen LogP) is -5.32. The molecule has 1 saturated heterocycles. The number of aromatic nitrogens is 2. The summed E-state index contributed by atoms with van der Waals surface area (Å²) in [5, 5.41) is 20.0. The van der Waals surface area contributed by atoms with E-state index in [1.165, 1.54) is 6.92 Å². The van der Waals surface area contributed by atoms with E-state index in [-0.39, 0.29) is 55.4 Å². The van der Waals surface area contributed by atoms with E-state index < -0.39 is 49.4 Å². The third-order valence-electron chi connectivity index (χ3n) is 3.74. The van der Waals surface area contributed by atoms with Crippen LogP contribution in [-0.4, -0.2) is 63.4 Å². The monoisotopic (exact) mass is 430 g/mol. The summed E-state index contributed by atoms with van der Waals surface area (Å²) in [6, 6.07) is 1.01. The van der Waals surface area contributed by atoms with Gasteiger partial charge in [0.2, 0.25) is 0 Å². The summed E-state index contributed by atoms with van der Waals surface area (Å²) in [5.74, 6) is -1.03. The zero-order valence-corrected chi connectivity index (χ0v) is 18.2. The summed E-state index contributed by atoms with van der Waals surface area (Å²) in [7, 11) is -3.99. The Bertz CT molecular complexity index is 827. The maximum Gasteiger partial charge on any atom is 1.00 e. The summed E-state index contributed by atoms with van der Waals surface area (Å²) >= 11 is 0. The molecule has 2 heterocycles. The second-order valence-corrected chi connectivity index (χ2v) is 7.65. The second kappa shape index (κ2) is 10.8. The minimum absolute atomic E-state index is 0. The molecular weight excluding hydrogens is 410 g/mol. The molecular formula is C14H20N2NaO10P. The molecule has 0 saturated carbocycles. The van der Waals surface area contributed by atoms with E-state index in [2.05, 4.69) is 4.52 Å². The molecule has 0 aromatic carbocycles. The fourth-order valence-corrected chi connectivity index (χ4v) is 3.52. The molecule has 1 aromatic heterocycles. The van der Waals surface area contributed by atoms with Crippen LogP contribution in [0.1, 0.15) is 19.6 Å². The van der Waals surface area contributed by atoms with Crippen LogP contribution in [0.15, 0.2) is 21.9 Å². The molecule has 1 unspecified atom stereocenters. The van der Waals surface area contributed by atoms with Gasteiger partial charge in [0.15, 0.2) is 12.3 Å². The molecule has 0 radical (unpaired) electrons. The summed E-state index contributed by atoms with van der Waals surface area (Å²) in [4.78, 5) is 48.2. The minimum atomic E-state index is -3.99. The molecule has 5 atom stereocenters. The Morgan fingerprint density at radius 2 is 2.07 bits per heavy atom. The SMILES string of the molecule is CCOP(=O)([O-])CCCOC(=O)[C@H]1O[C@@H](n2ccc(=O)[nH]c2=O)[C@H](O)[C@@H]1O.[Na+]. The van der Waals surface area contributed by atoms with Crippen molar-refractivity contribution in [1.29, 1.82) is 0 Å². The van der Waals surface area contributed by atoms with Gasteiger partial charge in [0.1, 0.15) is 19.8 Å². The molecule has 14 heteroatoms. The van der Waals surface area contributed by atoms with Crippen LogP contribution < -0.4 is 45.7 Å². The minimum Gasteiger partial charge on any atom is -0.778 e. The van der Waals surface area contributed by atoms with Crippen LogP contribution in [0.4, 0.5) is 0 Å². The van der Waals surface area contributed by atoms with Crippen LogP contribution in [0, 0.1) is 0 Å². The maximum absolute atomic E-state index is 12.0. The quantitative estimate of drug-likeness (QED) is 0.156. The number of aliphatic hydroxyl groups is 2. The van der Waals surface area contributed by atoms with Crippen LogP contribution in [-0.2, 0) is 23.4 Å². The molecule has 152 valence electrons. The fraction of sp³-hybridized carbons (Fsp3) is 0.643. The molecule has 1 fully saturated rings. The summed E-state index contributed by atoms with van der Waals surface area (Å²) in [5.41, 5.74) is -1.56. The van der Waals surface area contributed by atoms with Crippen molar-refractivity contribution in [2.45, 2.75) is 37.9 Å². The van der Waals surface area contributed by atoms with Gasteiger partial charge < -0.3 is 33.7 Å². The summed E-state index contributed by atoms with van der Waals surface area (Å²) in [6.45, 7) is 1.26. The number of aliphatic hydroxyl groups excluding tert-OH is 2. The molecule has 1 aromatic rings. The van der Waals surface area contributed by atoms with Crippen LogP contribution in [0.2, 0.25) is 0 Å². The Morgan fingerprint density at radius 1 is 1.39 bits per heavy atom. The first kappa shape index (κ1) is 25.2. The molecule has 0 spiro atoms. The van der Waals surface area contributed by atoms with Crippen molar-refractivity contribution in [1.82, 2.24) is 9.55 Å². The van der Waals surface area contributed by atoms with Crippen LogP contribution in [0.5, 0.6) is 0 Å². The van der Waals surface area contributed by atoms with Crippen molar-refractivity contribution < 1.29 is 68.0 Å². The van der Waals surface area contributed by atoms with Crippen molar-refractivity contribution in [3.63, 3.8) is 0 Å². The Kier molecular flexibility index (Phi) is 9.74. The molecule has 0 bridgehead atoms. The molecule has 28 heavy (non-hydrogen) atoms. The average Bonchev–Trinajstić information content (AvgIpc) is 2.87. The fourth-order valence-electron chi connectivity index (χ4n) is 2.49. The number of carbonyl (C=O) groups is 1. The third kappa shape index (κ3) is 6.34. The first-order valence-electron chi connectivity index (χ1n) is 8.10. The zero-order valence-electron chi connectivity index (χ0n) is 15.3. The largest absolute Gasteiger partial charge is 1.00 e. The van der Waals surface area contributed by atoms with Gasteiger partial charge >= 0.3 is 41.2 Å². The summed E-state index contributed by atoms with van der Waals surface area (Å²) < 4.78 is 26.8. The van der Waals surface area contributed by atoms with Crippen molar-refractivity contribution in [2.75, 3.05) is 19.4 Å². The molecule has 1 aliphatic heterocycles. The van der Waals surface area contributed by atoms with Crippen LogP contribution in [0.3, 0.4) is 0 Å². The van der Waals surface area contributed by atoms with Gasteiger partial charge in [-0.2, -0.15) is 0 Å². The normalized spacial score (nSPS) is 26.3. The van der Waals surface area contributed by atoms with Gasteiger partial charge in [0.25, 0.3) is 5.56 Å². The topological polar surface area (TPSA) is 180 Å². The van der Waals surface area contributed by atoms with E-state index >= 15 is 0 Å². The van der Waals surface area contributed by atoms with Crippen LogP contribution >= 0.6 is 7.60 Å². The van der Waals surface area contributed by atoms with E-state index in [0.717, 1.165) is 16.8 Å². The number of H-pyrrole nitrogens is 1. The zero-order chi connectivity index (χ0) is 20.2. The molecule has 0 amide bonds. The van der Waals surface area contributed by atoms with E-state index in [1.807, 2.05) is 4.98 Å². The Morgan fingerprint density at radius 3 is 2.68 bits per heavy atom. The van der Waals surface area contributed by atoms with Crippen molar-refractivity contribution in [3.05, 3.63) is 33.1 Å². The predicted molar refractivity (Wildman–Crippen MR) is 86.9 cm³/mol. The van der Waals surface area contributed by atoms with Gasteiger partial charge in [0, 0.05) is 18.4 Å². The number of ether oxygens (including phenoxy) is 2. The number of hydrogen-bond donors (Lipinski definition) is 3. The van der Waals surface area contributed by atoms with E-state index in [9.17, 15) is 34.1 Å². The summed E-state index contributed by atoms with van der Waals surface area (Å²) in [6.07, 6.45) is -5.63. The van der Waals surface area contributed by atoms with Crippen molar-refractivity contribution in [2.24, 2.45) is 0 Å². The van der Waals surface area contributed by atoms with Gasteiger partial charge in [0.05, 0.1) is 13.2 Å². The number of rotatable bonds is 8. The Balaban J connectivity index is 0.00000392. The second-order valence-electron chi connectivity index (χ2n) is 5.72. The number of esters is 1. The van der Waals surface area contributed by atoms with Gasteiger partial charge in [-0.15, -0.1) is 0 Å². The molecule has 0 aliphatic carbocycles. The molecule has 3 N–H and O–H groups in total. The standard InChI is InChI=1S/C14H21N2O10P.Na/c1-2-25-27(22,23)7-3-6-24-13(20)11-9(18)10(19)12(26-11)16-5-4-8(17)15-14(16)21;/h4-5,9-12,18-19H,2-3,6-7H2,1H3,(H,22,23)(H,15,17,21);/q;+1/p-1/t9-,10+,11-,12+;/m0./s1. The number of hydrogen-bond acceptors (Lipinski definition) is 10. The first-order chi connectivity index (χ1) is 12.7. The maximum atomic E-state index is 12.0. The number of nitrogens with zero attached hydrogens (tertiary/aromatic N) is 1. The van der Waals surface area contributed by atoms with E-state index in [1.54, 1.807) is 0 Å². The molecule has 2 rings (SSSR count). The first-order valence-corrected chi connectivity index (χ1v) is 9.83. The Labute approximate surface area is 181 Å². The molecule has 1 aliphatic rings. The number of nitrogens with one attached hydrogen (secondary N) is 1. The van der Waals surface area contributed by atoms with Gasteiger partial charge in [-0.05, 0) is 13.3 Å². The average molecular weight is 430 g/mol. The third-order valence-corrected chi connectivity index (χ3v) is 5.26. The van der Waals surface area contributed by atoms with Crippen molar-refractivity contribution in [3.8, 4) is 0 Å². The number of aromatic amines is 1. The van der Waals surface area contributed by atoms with Gasteiger partial charge in [-0.25, -0.2) is 9.59 Å².